The van der Waals surface area contributed by atoms with Gasteiger partial charge in [0.15, 0.2) is 0 Å². The normalized spacial score (nSPS) is 13.8. The van der Waals surface area contributed by atoms with Crippen molar-refractivity contribution in [2.75, 3.05) is 13.2 Å². The van der Waals surface area contributed by atoms with E-state index in [4.69, 9.17) is 10.8 Å². The summed E-state index contributed by atoms with van der Waals surface area (Å²) in [6.07, 6.45) is -4.88. The standard InChI is InChI=1S/C18H18F3N5O3S/c19-18(20,21)9-1-2-10(23-6-9)11-3-4-12(24-11)16(29)25-13(5-22)17-26-14(8-30-17)15(28)7-27/h1-4,6,8,13,15,24,27-28H,5,7,22H2,(H,25,29). The number of alkyl halides is 3. The molecule has 0 spiro atoms. The van der Waals surface area contributed by atoms with Gasteiger partial charge in [-0.3, -0.25) is 9.78 Å². The first-order valence-corrected chi connectivity index (χ1v) is 9.58. The molecule has 3 aromatic rings. The van der Waals surface area contributed by atoms with Crippen LogP contribution in [-0.2, 0) is 6.18 Å². The number of thiazole rings is 1. The lowest BCUT2D eigenvalue weighted by atomic mass is 10.2. The number of carbonyl (C=O) groups is 1. The molecule has 0 aliphatic carbocycles. The van der Waals surface area contributed by atoms with Crippen LogP contribution in [0.5, 0.6) is 0 Å². The number of aromatic amines is 1. The van der Waals surface area contributed by atoms with Gasteiger partial charge >= 0.3 is 6.18 Å². The number of nitrogens with one attached hydrogen (secondary N) is 2. The van der Waals surface area contributed by atoms with Crippen LogP contribution in [0.4, 0.5) is 13.2 Å². The second-order valence-corrected chi connectivity index (χ2v) is 7.18. The zero-order chi connectivity index (χ0) is 21.9. The average molecular weight is 441 g/mol. The van der Waals surface area contributed by atoms with Gasteiger partial charge in [-0.1, -0.05) is 0 Å². The van der Waals surface area contributed by atoms with E-state index in [1.807, 2.05) is 0 Å². The Morgan fingerprint density at radius 3 is 2.67 bits per heavy atom. The average Bonchev–Trinajstić information content (AvgIpc) is 3.41. The van der Waals surface area contributed by atoms with Crippen LogP contribution in [0.3, 0.4) is 0 Å². The third-order valence-electron chi connectivity index (χ3n) is 4.19. The molecule has 3 aromatic heterocycles. The van der Waals surface area contributed by atoms with Gasteiger partial charge in [-0.2, -0.15) is 13.2 Å². The lowest BCUT2D eigenvalue weighted by Crippen LogP contribution is -2.33. The minimum Gasteiger partial charge on any atom is -0.393 e. The minimum absolute atomic E-state index is 0.0436. The second-order valence-electron chi connectivity index (χ2n) is 6.29. The molecule has 0 aliphatic rings. The molecule has 6 N–H and O–H groups in total. The van der Waals surface area contributed by atoms with Crippen LogP contribution in [0.15, 0.2) is 35.8 Å². The summed E-state index contributed by atoms with van der Waals surface area (Å²) in [6.45, 7) is -0.437. The number of aliphatic hydroxyl groups excluding tert-OH is 2. The third-order valence-corrected chi connectivity index (χ3v) is 5.17. The van der Waals surface area contributed by atoms with Crippen LogP contribution in [0.1, 0.15) is 38.9 Å². The fourth-order valence-electron chi connectivity index (χ4n) is 2.56. The molecule has 0 aromatic carbocycles. The topological polar surface area (TPSA) is 137 Å². The Kier molecular flexibility index (Phi) is 6.51. The van der Waals surface area contributed by atoms with Crippen molar-refractivity contribution in [3.8, 4) is 11.4 Å². The summed E-state index contributed by atoms with van der Waals surface area (Å²) < 4.78 is 38.0. The van der Waals surface area contributed by atoms with E-state index in [1.165, 1.54) is 29.5 Å². The van der Waals surface area contributed by atoms with E-state index in [2.05, 4.69) is 20.3 Å². The fourth-order valence-corrected chi connectivity index (χ4v) is 3.49. The summed E-state index contributed by atoms with van der Waals surface area (Å²) in [5.41, 5.74) is 5.93. The number of halogens is 3. The first-order valence-electron chi connectivity index (χ1n) is 8.70. The number of aromatic nitrogens is 3. The molecule has 0 fully saturated rings. The zero-order valence-electron chi connectivity index (χ0n) is 15.3. The molecule has 0 saturated carbocycles. The molecule has 2 unspecified atom stereocenters. The zero-order valence-corrected chi connectivity index (χ0v) is 16.2. The summed E-state index contributed by atoms with van der Waals surface area (Å²) in [6, 6.07) is 4.50. The van der Waals surface area contributed by atoms with Crippen LogP contribution in [0.25, 0.3) is 11.4 Å². The van der Waals surface area contributed by atoms with Gasteiger partial charge in [0.2, 0.25) is 0 Å². The van der Waals surface area contributed by atoms with Crippen molar-refractivity contribution in [3.63, 3.8) is 0 Å². The number of nitrogens with two attached hydrogens (primary N) is 1. The van der Waals surface area contributed by atoms with Gasteiger partial charge in [0.25, 0.3) is 5.91 Å². The van der Waals surface area contributed by atoms with Gasteiger partial charge in [-0.15, -0.1) is 11.3 Å². The van der Waals surface area contributed by atoms with Gasteiger partial charge in [0.05, 0.1) is 35.3 Å². The molecular formula is C18H18F3N5O3S. The van der Waals surface area contributed by atoms with Crippen LogP contribution in [0.2, 0.25) is 0 Å². The predicted molar refractivity (Wildman–Crippen MR) is 102 cm³/mol. The monoisotopic (exact) mass is 441 g/mol. The Hall–Kier alpha value is -2.80. The molecule has 30 heavy (non-hydrogen) atoms. The summed E-state index contributed by atoms with van der Waals surface area (Å²) in [4.78, 5) is 23.3. The smallest absolute Gasteiger partial charge is 0.393 e. The largest absolute Gasteiger partial charge is 0.417 e. The van der Waals surface area contributed by atoms with Gasteiger partial charge in [0, 0.05) is 18.1 Å². The molecule has 0 aliphatic heterocycles. The number of carbonyl (C=O) groups excluding carboxylic acids is 1. The number of H-pyrrole nitrogens is 1. The van der Waals surface area contributed by atoms with E-state index in [0.717, 1.165) is 12.3 Å². The van der Waals surface area contributed by atoms with E-state index in [9.17, 15) is 23.1 Å². The Labute approximate surface area is 172 Å². The maximum absolute atomic E-state index is 12.7. The first-order chi connectivity index (χ1) is 14.2. The number of pyridine rings is 1. The molecule has 8 nitrogen and oxygen atoms in total. The number of nitrogens with zero attached hydrogens (tertiary/aromatic N) is 2. The molecule has 0 radical (unpaired) electrons. The first kappa shape index (κ1) is 21.9. The molecule has 160 valence electrons. The highest BCUT2D eigenvalue weighted by Gasteiger charge is 2.30. The fraction of sp³-hybridized carbons (Fsp3) is 0.278. The van der Waals surface area contributed by atoms with Crippen molar-refractivity contribution in [2.45, 2.75) is 18.3 Å². The summed E-state index contributed by atoms with van der Waals surface area (Å²) in [7, 11) is 0. The molecule has 1 amide bonds. The minimum atomic E-state index is -4.48. The predicted octanol–water partition coefficient (Wildman–Crippen LogP) is 2.01. The highest BCUT2D eigenvalue weighted by Crippen LogP contribution is 2.29. The Morgan fingerprint density at radius 2 is 2.07 bits per heavy atom. The van der Waals surface area contributed by atoms with Gasteiger partial charge in [0.1, 0.15) is 16.8 Å². The maximum Gasteiger partial charge on any atom is 0.417 e. The summed E-state index contributed by atoms with van der Waals surface area (Å²) in [5.74, 6) is -0.497. The number of aliphatic hydroxyl groups is 2. The van der Waals surface area contributed by atoms with E-state index in [-0.39, 0.29) is 23.6 Å². The second kappa shape index (κ2) is 8.92. The van der Waals surface area contributed by atoms with Gasteiger partial charge in [-0.25, -0.2) is 4.98 Å². The quantitative estimate of drug-likeness (QED) is 0.380. The molecule has 12 heteroatoms. The van der Waals surface area contributed by atoms with Crippen molar-refractivity contribution < 1.29 is 28.2 Å². The SMILES string of the molecule is NCC(NC(=O)c1ccc(-c2ccc(C(F)(F)F)cn2)[nH]1)c1nc(C(O)CO)cs1. The van der Waals surface area contributed by atoms with Crippen LogP contribution in [-0.4, -0.2) is 44.2 Å². The summed E-state index contributed by atoms with van der Waals surface area (Å²) in [5, 5.41) is 23.4. The van der Waals surface area contributed by atoms with E-state index in [0.29, 0.717) is 10.7 Å². The van der Waals surface area contributed by atoms with Gasteiger partial charge in [-0.05, 0) is 24.3 Å². The van der Waals surface area contributed by atoms with Crippen LogP contribution >= 0.6 is 11.3 Å². The van der Waals surface area contributed by atoms with Crippen LogP contribution < -0.4 is 11.1 Å². The molecule has 0 saturated heterocycles. The lowest BCUT2D eigenvalue weighted by molar-refractivity contribution is -0.137. The van der Waals surface area contributed by atoms with E-state index >= 15 is 0 Å². The molecule has 0 bridgehead atoms. The van der Waals surface area contributed by atoms with E-state index in [1.54, 1.807) is 5.38 Å². The van der Waals surface area contributed by atoms with Crippen molar-refractivity contribution in [1.29, 1.82) is 0 Å². The van der Waals surface area contributed by atoms with Gasteiger partial charge < -0.3 is 26.2 Å². The molecule has 2 atom stereocenters. The highest BCUT2D eigenvalue weighted by atomic mass is 32.1. The Balaban J connectivity index is 1.71. The highest BCUT2D eigenvalue weighted by molar-refractivity contribution is 7.09. The van der Waals surface area contributed by atoms with Crippen molar-refractivity contribution >= 4 is 17.2 Å². The molecule has 3 heterocycles. The number of amides is 1. The number of hydrogen-bond donors (Lipinski definition) is 5. The Bertz CT molecular complexity index is 1000. The molecular weight excluding hydrogens is 423 g/mol. The van der Waals surface area contributed by atoms with Crippen molar-refractivity contribution in [2.24, 2.45) is 5.73 Å². The third kappa shape index (κ3) is 4.84. The lowest BCUT2D eigenvalue weighted by Gasteiger charge is -2.14. The van der Waals surface area contributed by atoms with Crippen molar-refractivity contribution in [1.82, 2.24) is 20.3 Å². The number of rotatable bonds is 7. The molecule has 3 rings (SSSR count). The maximum atomic E-state index is 12.7. The number of hydrogen-bond acceptors (Lipinski definition) is 7. The Morgan fingerprint density at radius 1 is 1.30 bits per heavy atom. The van der Waals surface area contributed by atoms with Crippen LogP contribution in [0, 0.1) is 0 Å². The van der Waals surface area contributed by atoms with E-state index < -0.39 is 36.4 Å². The summed E-state index contributed by atoms with van der Waals surface area (Å²) >= 11 is 1.18. The van der Waals surface area contributed by atoms with Crippen molar-refractivity contribution in [3.05, 3.63) is 57.8 Å².